The number of aromatic nitrogens is 1. The lowest BCUT2D eigenvalue weighted by Gasteiger charge is -2.05. The van der Waals surface area contributed by atoms with Crippen LogP contribution in [0.25, 0.3) is 0 Å². The Kier molecular flexibility index (Phi) is 11.5. The number of hydrogen-bond donors (Lipinski definition) is 3. The molecule has 33 heavy (non-hydrogen) atoms. The maximum absolute atomic E-state index is 11.9. The van der Waals surface area contributed by atoms with Crippen molar-refractivity contribution in [3.05, 3.63) is 81.3 Å². The van der Waals surface area contributed by atoms with Crippen LogP contribution in [-0.2, 0) is 11.4 Å². The number of hydroxylamine groups is 1. The summed E-state index contributed by atoms with van der Waals surface area (Å²) in [5.41, 5.74) is 5.02. The smallest absolute Gasteiger partial charge is 0.347 e. The molecule has 0 aliphatic rings. The van der Waals surface area contributed by atoms with E-state index in [9.17, 15) is 9.59 Å². The molecule has 0 fully saturated rings. The highest BCUT2D eigenvalue weighted by atomic mass is 35.5. The van der Waals surface area contributed by atoms with Gasteiger partial charge in [0.2, 0.25) is 0 Å². The summed E-state index contributed by atoms with van der Waals surface area (Å²) in [5, 5.41) is 12.3. The molecule has 0 aliphatic heterocycles. The summed E-state index contributed by atoms with van der Waals surface area (Å²) in [5.74, 6) is -1.41. The number of carboxylic acids is 1. The summed E-state index contributed by atoms with van der Waals surface area (Å²) < 4.78 is 0. The lowest BCUT2D eigenvalue weighted by molar-refractivity contribution is 0.0342. The van der Waals surface area contributed by atoms with E-state index in [0.29, 0.717) is 16.3 Å². The van der Waals surface area contributed by atoms with E-state index < -0.39 is 5.97 Å². The molecule has 0 spiro atoms. The van der Waals surface area contributed by atoms with E-state index in [1.54, 1.807) is 31.2 Å². The summed E-state index contributed by atoms with van der Waals surface area (Å²) in [4.78, 5) is 32.2. The van der Waals surface area contributed by atoms with Gasteiger partial charge in [0.25, 0.3) is 5.91 Å². The first kappa shape index (κ1) is 26.5. The van der Waals surface area contributed by atoms with Gasteiger partial charge in [0, 0.05) is 17.1 Å². The van der Waals surface area contributed by atoms with Crippen molar-refractivity contribution >= 4 is 39.9 Å². The van der Waals surface area contributed by atoms with Crippen LogP contribution in [0.1, 0.15) is 57.5 Å². The molecule has 1 heterocycles. The van der Waals surface area contributed by atoms with Gasteiger partial charge in [-0.1, -0.05) is 73.0 Å². The Bertz CT molecular complexity index is 1010. The van der Waals surface area contributed by atoms with Gasteiger partial charge in [-0.05, 0) is 43.2 Å². The largest absolute Gasteiger partial charge is 0.477 e. The lowest BCUT2D eigenvalue weighted by atomic mass is 10.2. The number of nitrogens with zero attached hydrogens (tertiary/aromatic N) is 1. The number of carboxylic acid groups (broad SMARTS) is 1. The number of carbonyl (C=O) groups excluding carboxylic acids is 1. The molecule has 0 saturated heterocycles. The molecule has 0 atom stereocenters. The number of thiazole rings is 1. The monoisotopic (exact) mass is 489 g/mol. The van der Waals surface area contributed by atoms with E-state index >= 15 is 0 Å². The molecule has 2 aromatic carbocycles. The van der Waals surface area contributed by atoms with Crippen LogP contribution in [0, 0.1) is 6.92 Å². The van der Waals surface area contributed by atoms with Crippen molar-refractivity contribution in [2.45, 2.75) is 39.7 Å². The second-order valence-electron chi connectivity index (χ2n) is 7.06. The maximum atomic E-state index is 11.9. The molecular formula is C24H28ClN3O4S. The molecule has 7 nitrogen and oxygen atoms in total. The quantitative estimate of drug-likeness (QED) is 0.240. The predicted octanol–water partition coefficient (Wildman–Crippen LogP) is 5.95. The van der Waals surface area contributed by atoms with Gasteiger partial charge in [0.1, 0.15) is 4.88 Å². The van der Waals surface area contributed by atoms with Crippen molar-refractivity contribution in [1.29, 1.82) is 0 Å². The zero-order chi connectivity index (χ0) is 24.1. The number of halogens is 1. The summed E-state index contributed by atoms with van der Waals surface area (Å²) in [6.07, 6.45) is 3.62. The minimum absolute atomic E-state index is 0.117. The highest BCUT2D eigenvalue weighted by Crippen LogP contribution is 2.23. The van der Waals surface area contributed by atoms with Crippen LogP contribution in [0.3, 0.4) is 0 Å². The Labute approximate surface area is 202 Å². The third-order valence-electron chi connectivity index (χ3n) is 4.39. The zero-order valence-electron chi connectivity index (χ0n) is 18.6. The fourth-order valence-corrected chi connectivity index (χ4v) is 3.57. The molecule has 0 bridgehead atoms. The number of rotatable bonds is 10. The molecule has 0 unspecified atom stereocenters. The van der Waals surface area contributed by atoms with E-state index in [4.69, 9.17) is 21.5 Å². The molecular weight excluding hydrogens is 462 g/mol. The van der Waals surface area contributed by atoms with E-state index in [-0.39, 0.29) is 15.9 Å². The number of unbranched alkanes of at least 4 members (excludes halogenated alkanes) is 2. The summed E-state index contributed by atoms with van der Waals surface area (Å²) >= 11 is 6.65. The number of nitrogens with one attached hydrogen (secondary N) is 2. The molecule has 3 rings (SSSR count). The van der Waals surface area contributed by atoms with Crippen molar-refractivity contribution in [2.75, 3.05) is 11.9 Å². The fraction of sp³-hybridized carbons (Fsp3) is 0.292. The van der Waals surface area contributed by atoms with Crippen molar-refractivity contribution in [3.63, 3.8) is 0 Å². The van der Waals surface area contributed by atoms with Crippen molar-refractivity contribution in [3.8, 4) is 0 Å². The SMILES string of the molecule is CCCCCONCc1ccccc1.Cc1nc(NC(=O)c2ccc(Cl)cc2)sc1C(=O)O. The third-order valence-corrected chi connectivity index (χ3v) is 5.70. The number of amides is 1. The Morgan fingerprint density at radius 1 is 1.09 bits per heavy atom. The van der Waals surface area contributed by atoms with Gasteiger partial charge in [-0.2, -0.15) is 5.48 Å². The van der Waals surface area contributed by atoms with Crippen LogP contribution >= 0.6 is 22.9 Å². The van der Waals surface area contributed by atoms with Gasteiger partial charge in [0.15, 0.2) is 5.13 Å². The molecule has 1 aromatic heterocycles. The molecule has 0 aliphatic carbocycles. The first-order valence-corrected chi connectivity index (χ1v) is 11.8. The lowest BCUT2D eigenvalue weighted by Crippen LogP contribution is -2.14. The topological polar surface area (TPSA) is 101 Å². The predicted molar refractivity (Wildman–Crippen MR) is 132 cm³/mol. The number of carbonyl (C=O) groups is 2. The first-order valence-electron chi connectivity index (χ1n) is 10.6. The first-order chi connectivity index (χ1) is 15.9. The Morgan fingerprint density at radius 2 is 1.79 bits per heavy atom. The summed E-state index contributed by atoms with van der Waals surface area (Å²) in [6.45, 7) is 5.36. The second-order valence-corrected chi connectivity index (χ2v) is 8.50. The normalized spacial score (nSPS) is 10.3. The zero-order valence-corrected chi connectivity index (χ0v) is 20.2. The van der Waals surface area contributed by atoms with Crippen LogP contribution in [0.2, 0.25) is 5.02 Å². The number of aromatic carboxylic acids is 1. The van der Waals surface area contributed by atoms with Gasteiger partial charge in [-0.15, -0.1) is 0 Å². The van der Waals surface area contributed by atoms with Crippen LogP contribution in [0.4, 0.5) is 5.13 Å². The average molecular weight is 490 g/mol. The minimum atomic E-state index is -1.05. The highest BCUT2D eigenvalue weighted by Gasteiger charge is 2.16. The molecule has 3 aromatic rings. The van der Waals surface area contributed by atoms with E-state index in [1.807, 2.05) is 18.2 Å². The minimum Gasteiger partial charge on any atom is -0.477 e. The van der Waals surface area contributed by atoms with E-state index in [0.717, 1.165) is 30.9 Å². The van der Waals surface area contributed by atoms with Gasteiger partial charge < -0.3 is 9.94 Å². The number of aryl methyl sites for hydroxylation is 1. The Hall–Kier alpha value is -2.78. The van der Waals surface area contributed by atoms with Gasteiger partial charge in [-0.3, -0.25) is 10.1 Å². The van der Waals surface area contributed by atoms with E-state index in [1.165, 1.54) is 18.4 Å². The van der Waals surface area contributed by atoms with Crippen LogP contribution in [0.5, 0.6) is 0 Å². The summed E-state index contributed by atoms with van der Waals surface area (Å²) in [6, 6.07) is 16.6. The fourth-order valence-electron chi connectivity index (χ4n) is 2.65. The molecule has 0 radical (unpaired) electrons. The molecule has 176 valence electrons. The van der Waals surface area contributed by atoms with Crippen molar-refractivity contribution in [1.82, 2.24) is 10.5 Å². The average Bonchev–Trinajstić information content (AvgIpc) is 3.18. The van der Waals surface area contributed by atoms with Crippen LogP contribution < -0.4 is 10.8 Å². The van der Waals surface area contributed by atoms with Crippen molar-refractivity contribution in [2.24, 2.45) is 0 Å². The number of hydrogen-bond acceptors (Lipinski definition) is 6. The molecule has 1 amide bonds. The highest BCUT2D eigenvalue weighted by molar-refractivity contribution is 7.17. The Morgan fingerprint density at radius 3 is 2.39 bits per heavy atom. The van der Waals surface area contributed by atoms with Gasteiger partial charge in [-0.25, -0.2) is 9.78 Å². The molecule has 9 heteroatoms. The van der Waals surface area contributed by atoms with Gasteiger partial charge in [0.05, 0.1) is 12.3 Å². The summed E-state index contributed by atoms with van der Waals surface area (Å²) in [7, 11) is 0. The number of anilines is 1. The van der Waals surface area contributed by atoms with Gasteiger partial charge >= 0.3 is 5.97 Å². The van der Waals surface area contributed by atoms with E-state index in [2.05, 4.69) is 34.8 Å². The molecule has 0 saturated carbocycles. The number of benzene rings is 2. The Balaban J connectivity index is 0.000000245. The molecule has 3 N–H and O–H groups in total. The third kappa shape index (κ3) is 9.71. The standard InChI is InChI=1S/C12H9ClN2O3S.C12H19NO/c1-6-9(11(17)18)19-12(14-6)15-10(16)7-2-4-8(13)5-3-7;1-2-3-7-10-14-13-11-12-8-5-4-6-9-12/h2-5H,1H3,(H,17,18)(H,14,15,16);4-6,8-9,13H,2-3,7,10-11H2,1H3. The second kappa shape index (κ2) is 14.4. The van der Waals surface area contributed by atoms with Crippen LogP contribution in [-0.4, -0.2) is 28.6 Å². The van der Waals surface area contributed by atoms with Crippen LogP contribution in [0.15, 0.2) is 54.6 Å². The maximum Gasteiger partial charge on any atom is 0.347 e. The van der Waals surface area contributed by atoms with Crippen molar-refractivity contribution < 1.29 is 19.5 Å².